The van der Waals surface area contributed by atoms with E-state index in [2.05, 4.69) is 12.1 Å². The number of ether oxygens (including phenoxy) is 1. The summed E-state index contributed by atoms with van der Waals surface area (Å²) < 4.78 is 5.23. The highest BCUT2D eigenvalue weighted by molar-refractivity contribution is 5.90. The number of para-hydroxylation sites is 1. The van der Waals surface area contributed by atoms with Crippen molar-refractivity contribution >= 4 is 11.8 Å². The maximum atomic E-state index is 12.0. The van der Waals surface area contributed by atoms with E-state index in [-0.39, 0.29) is 6.09 Å². The smallest absolute Gasteiger partial charge is 0.414 e. The molecule has 1 amide bonds. The van der Waals surface area contributed by atoms with Crippen LogP contribution in [0.1, 0.15) is 30.9 Å². The van der Waals surface area contributed by atoms with Crippen molar-refractivity contribution in [2.24, 2.45) is 0 Å². The molecule has 1 aliphatic rings. The summed E-state index contributed by atoms with van der Waals surface area (Å²) in [5.41, 5.74) is 3.46. The Bertz CT molecular complexity index is 415. The molecule has 0 saturated heterocycles. The van der Waals surface area contributed by atoms with Crippen LogP contribution < -0.4 is 4.90 Å². The van der Waals surface area contributed by atoms with Gasteiger partial charge < -0.3 is 4.74 Å². The Morgan fingerprint density at radius 1 is 1.47 bits per heavy atom. The lowest BCUT2D eigenvalue weighted by atomic mass is 9.99. The number of anilines is 1. The minimum atomic E-state index is -0.206. The molecular weight excluding hydrogens is 214 g/mol. The summed E-state index contributed by atoms with van der Waals surface area (Å²) in [6.07, 6.45) is 2.72. The third-order valence-corrected chi connectivity index (χ3v) is 3.07. The van der Waals surface area contributed by atoms with Crippen molar-refractivity contribution in [3.8, 4) is 0 Å². The Hall–Kier alpha value is -1.51. The summed E-state index contributed by atoms with van der Waals surface area (Å²) in [4.78, 5) is 13.8. The van der Waals surface area contributed by atoms with Gasteiger partial charge >= 0.3 is 6.09 Å². The Morgan fingerprint density at radius 2 is 2.29 bits per heavy atom. The quantitative estimate of drug-likeness (QED) is 0.784. The van der Waals surface area contributed by atoms with Crippen molar-refractivity contribution in [1.82, 2.24) is 0 Å². The lowest BCUT2D eigenvalue weighted by Crippen LogP contribution is -2.36. The van der Waals surface area contributed by atoms with E-state index >= 15 is 0 Å². The van der Waals surface area contributed by atoms with Gasteiger partial charge in [-0.3, -0.25) is 4.90 Å². The monoisotopic (exact) mass is 233 g/mol. The molecule has 0 fully saturated rings. The molecule has 0 bridgehead atoms. The zero-order chi connectivity index (χ0) is 12.3. The predicted molar refractivity (Wildman–Crippen MR) is 68.5 cm³/mol. The first-order chi connectivity index (χ1) is 8.24. The second-order valence-electron chi connectivity index (χ2n) is 4.45. The van der Waals surface area contributed by atoms with Crippen molar-refractivity contribution < 1.29 is 9.53 Å². The lowest BCUT2D eigenvalue weighted by molar-refractivity contribution is 0.153. The number of aryl methyl sites for hydroxylation is 2. The van der Waals surface area contributed by atoms with E-state index in [4.69, 9.17) is 4.74 Å². The average molecular weight is 233 g/mol. The summed E-state index contributed by atoms with van der Waals surface area (Å²) in [5, 5.41) is 0. The topological polar surface area (TPSA) is 29.5 Å². The van der Waals surface area contributed by atoms with Gasteiger partial charge in [-0.05, 0) is 37.3 Å². The van der Waals surface area contributed by atoms with Crippen molar-refractivity contribution in [3.05, 3.63) is 29.3 Å². The van der Waals surface area contributed by atoms with Crippen molar-refractivity contribution in [2.75, 3.05) is 18.1 Å². The van der Waals surface area contributed by atoms with Gasteiger partial charge in [-0.2, -0.15) is 0 Å². The van der Waals surface area contributed by atoms with E-state index in [1.807, 2.05) is 19.9 Å². The highest BCUT2D eigenvalue weighted by atomic mass is 16.6. The van der Waals surface area contributed by atoms with E-state index in [0.717, 1.165) is 37.1 Å². The van der Waals surface area contributed by atoms with E-state index in [0.29, 0.717) is 6.61 Å². The maximum Gasteiger partial charge on any atom is 0.414 e. The van der Waals surface area contributed by atoms with Gasteiger partial charge in [0.1, 0.15) is 0 Å². The van der Waals surface area contributed by atoms with Crippen LogP contribution in [0.2, 0.25) is 0 Å². The van der Waals surface area contributed by atoms with Gasteiger partial charge in [-0.1, -0.05) is 25.1 Å². The molecule has 0 atom stereocenters. The number of hydrogen-bond acceptors (Lipinski definition) is 2. The molecule has 0 radical (unpaired) electrons. The number of benzene rings is 1. The minimum Gasteiger partial charge on any atom is -0.449 e. The second kappa shape index (κ2) is 5.21. The van der Waals surface area contributed by atoms with Crippen LogP contribution in [0.15, 0.2) is 18.2 Å². The van der Waals surface area contributed by atoms with Gasteiger partial charge in [0.2, 0.25) is 0 Å². The molecule has 0 spiro atoms. The summed E-state index contributed by atoms with van der Waals surface area (Å²) in [7, 11) is 0. The highest BCUT2D eigenvalue weighted by Crippen LogP contribution is 2.30. The van der Waals surface area contributed by atoms with Crippen LogP contribution in [0.5, 0.6) is 0 Å². The molecule has 17 heavy (non-hydrogen) atoms. The fourth-order valence-corrected chi connectivity index (χ4v) is 2.30. The Morgan fingerprint density at radius 3 is 3.06 bits per heavy atom. The molecule has 92 valence electrons. The summed E-state index contributed by atoms with van der Waals surface area (Å²) in [5.74, 6) is 0. The van der Waals surface area contributed by atoms with Gasteiger partial charge in [-0.25, -0.2) is 4.79 Å². The molecule has 0 aromatic heterocycles. The lowest BCUT2D eigenvalue weighted by Gasteiger charge is -2.30. The molecule has 0 N–H and O–H groups in total. The zero-order valence-electron chi connectivity index (χ0n) is 10.5. The third kappa shape index (κ3) is 2.43. The van der Waals surface area contributed by atoms with E-state index < -0.39 is 0 Å². The Kier molecular flexibility index (Phi) is 3.67. The molecule has 1 aliphatic heterocycles. The third-order valence-electron chi connectivity index (χ3n) is 3.07. The first kappa shape index (κ1) is 12.0. The maximum absolute atomic E-state index is 12.0. The van der Waals surface area contributed by atoms with Gasteiger partial charge in [-0.15, -0.1) is 0 Å². The number of hydrogen-bond donors (Lipinski definition) is 0. The second-order valence-corrected chi connectivity index (χ2v) is 4.45. The fourth-order valence-electron chi connectivity index (χ4n) is 2.30. The van der Waals surface area contributed by atoms with Crippen LogP contribution >= 0.6 is 0 Å². The average Bonchev–Trinajstić information content (AvgIpc) is 2.35. The normalized spacial score (nSPS) is 14.4. The van der Waals surface area contributed by atoms with Crippen LogP contribution in [-0.2, 0) is 11.2 Å². The van der Waals surface area contributed by atoms with Crippen molar-refractivity contribution in [1.29, 1.82) is 0 Å². The largest absolute Gasteiger partial charge is 0.449 e. The van der Waals surface area contributed by atoms with Crippen LogP contribution in [0.4, 0.5) is 10.5 Å². The fraction of sp³-hybridized carbons (Fsp3) is 0.500. The standard InChI is InChI=1S/C14H19NO2/c1-3-10-17-14(16)15-9-5-8-12-7-4-6-11(2)13(12)15/h4,6-7H,3,5,8-10H2,1-2H3. The minimum absolute atomic E-state index is 0.206. The number of rotatable bonds is 2. The molecule has 2 rings (SSSR count). The van der Waals surface area contributed by atoms with Crippen LogP contribution in [0, 0.1) is 6.92 Å². The van der Waals surface area contributed by atoms with Crippen LogP contribution in [0.3, 0.4) is 0 Å². The molecule has 0 unspecified atom stereocenters. The highest BCUT2D eigenvalue weighted by Gasteiger charge is 2.24. The molecule has 3 nitrogen and oxygen atoms in total. The zero-order valence-corrected chi connectivity index (χ0v) is 10.5. The van der Waals surface area contributed by atoms with Gasteiger partial charge in [0, 0.05) is 6.54 Å². The summed E-state index contributed by atoms with van der Waals surface area (Å²) in [6.45, 7) is 5.31. The predicted octanol–water partition coefficient (Wildman–Crippen LogP) is 3.29. The first-order valence-corrected chi connectivity index (χ1v) is 6.27. The molecule has 0 saturated carbocycles. The van der Waals surface area contributed by atoms with Crippen LogP contribution in [0.25, 0.3) is 0 Å². The summed E-state index contributed by atoms with van der Waals surface area (Å²) in [6, 6.07) is 6.20. The van der Waals surface area contributed by atoms with Crippen molar-refractivity contribution in [2.45, 2.75) is 33.1 Å². The first-order valence-electron chi connectivity index (χ1n) is 6.27. The number of carbonyl (C=O) groups is 1. The summed E-state index contributed by atoms with van der Waals surface area (Å²) >= 11 is 0. The van der Waals surface area contributed by atoms with Crippen LogP contribution in [-0.4, -0.2) is 19.2 Å². The number of amides is 1. The molecular formula is C14H19NO2. The molecule has 3 heteroatoms. The Balaban J connectivity index is 2.25. The van der Waals surface area contributed by atoms with Crippen molar-refractivity contribution in [3.63, 3.8) is 0 Å². The molecule has 1 aromatic carbocycles. The number of nitrogens with zero attached hydrogens (tertiary/aromatic N) is 1. The Labute approximate surface area is 102 Å². The van der Waals surface area contributed by atoms with E-state index in [9.17, 15) is 4.79 Å². The number of fused-ring (bicyclic) bond motifs is 1. The number of carbonyl (C=O) groups excluding carboxylic acids is 1. The molecule has 1 aromatic rings. The van der Waals surface area contributed by atoms with E-state index in [1.54, 1.807) is 4.90 Å². The molecule has 1 heterocycles. The van der Waals surface area contributed by atoms with E-state index in [1.165, 1.54) is 5.56 Å². The van der Waals surface area contributed by atoms with Gasteiger partial charge in [0.25, 0.3) is 0 Å². The van der Waals surface area contributed by atoms with Gasteiger partial charge in [0.05, 0.1) is 12.3 Å². The SMILES string of the molecule is CCCOC(=O)N1CCCc2cccc(C)c21. The van der Waals surface area contributed by atoms with Gasteiger partial charge in [0.15, 0.2) is 0 Å². The molecule has 0 aliphatic carbocycles.